The van der Waals surface area contributed by atoms with Gasteiger partial charge in [-0.3, -0.25) is 0 Å². The van der Waals surface area contributed by atoms with Crippen LogP contribution in [0, 0.1) is 5.92 Å². The van der Waals surface area contributed by atoms with E-state index in [9.17, 15) is 0 Å². The highest BCUT2D eigenvalue weighted by atomic mass is 32.1. The van der Waals surface area contributed by atoms with Crippen molar-refractivity contribution in [3.05, 3.63) is 0 Å². The molecule has 0 aliphatic carbocycles. The van der Waals surface area contributed by atoms with Crippen LogP contribution in [0.3, 0.4) is 0 Å². The van der Waals surface area contributed by atoms with Gasteiger partial charge in [-0.1, -0.05) is 26.1 Å². The van der Waals surface area contributed by atoms with Crippen LogP contribution in [0.15, 0.2) is 0 Å². The molecule has 0 atom stereocenters. The molecule has 0 unspecified atom stereocenters. The number of hydrogen-bond donors (Lipinski definition) is 1. The largest absolute Gasteiger partial charge is 0.393 e. The van der Waals surface area contributed by atoms with Crippen LogP contribution in [0.25, 0.3) is 0 Å². The van der Waals surface area contributed by atoms with Crippen LogP contribution in [-0.4, -0.2) is 18.2 Å². The van der Waals surface area contributed by atoms with E-state index in [4.69, 9.17) is 22.7 Å². The molecule has 2 nitrogen and oxygen atoms in total. The predicted octanol–water partition coefficient (Wildman–Crippen LogP) is 1.73. The van der Waals surface area contributed by atoms with Crippen molar-refractivity contribution in [2.45, 2.75) is 26.7 Å². The summed E-state index contributed by atoms with van der Waals surface area (Å²) in [5.41, 5.74) is 5.29. The number of ether oxygens (including phenoxy) is 1. The summed E-state index contributed by atoms with van der Waals surface area (Å²) in [4.78, 5) is 0.537. The smallest absolute Gasteiger partial charge is 0.0750 e. The topological polar surface area (TPSA) is 35.2 Å². The normalized spacial score (nSPS) is 10.5. The first-order valence-corrected chi connectivity index (χ1v) is 4.39. The van der Waals surface area contributed by atoms with Crippen molar-refractivity contribution >= 4 is 17.2 Å². The molecule has 0 aliphatic heterocycles. The van der Waals surface area contributed by atoms with Gasteiger partial charge in [0, 0.05) is 13.0 Å². The predicted molar refractivity (Wildman–Crippen MR) is 51.7 cm³/mol. The average Bonchev–Trinajstić information content (AvgIpc) is 1.85. The van der Waals surface area contributed by atoms with Crippen molar-refractivity contribution < 1.29 is 4.74 Å². The molecule has 0 fully saturated rings. The highest BCUT2D eigenvalue weighted by Crippen LogP contribution is 1.98. The maximum atomic E-state index is 5.29. The molecule has 0 aromatic heterocycles. The first kappa shape index (κ1) is 10.8. The number of rotatable bonds is 6. The Kier molecular flexibility index (Phi) is 6.46. The van der Waals surface area contributed by atoms with E-state index in [0.717, 1.165) is 13.0 Å². The Morgan fingerprint density at radius 2 is 2.09 bits per heavy atom. The van der Waals surface area contributed by atoms with Crippen LogP contribution < -0.4 is 5.73 Å². The summed E-state index contributed by atoms with van der Waals surface area (Å²) in [7, 11) is 0. The summed E-state index contributed by atoms with van der Waals surface area (Å²) in [6, 6.07) is 0. The molecule has 0 radical (unpaired) electrons. The van der Waals surface area contributed by atoms with Crippen LogP contribution in [0.5, 0.6) is 0 Å². The van der Waals surface area contributed by atoms with Gasteiger partial charge in [-0.2, -0.15) is 0 Å². The Labute approximate surface area is 74.1 Å². The lowest BCUT2D eigenvalue weighted by molar-refractivity contribution is 0.130. The minimum absolute atomic E-state index is 0.537. The minimum atomic E-state index is 0.537. The summed E-state index contributed by atoms with van der Waals surface area (Å²) >= 11 is 4.69. The van der Waals surface area contributed by atoms with E-state index in [1.807, 2.05) is 0 Å². The third-order valence-corrected chi connectivity index (χ3v) is 1.54. The zero-order chi connectivity index (χ0) is 8.69. The number of hydrogen-bond acceptors (Lipinski definition) is 2. The molecule has 3 heteroatoms. The van der Waals surface area contributed by atoms with Gasteiger partial charge in [0.2, 0.25) is 0 Å². The quantitative estimate of drug-likeness (QED) is 0.493. The molecule has 0 rings (SSSR count). The van der Waals surface area contributed by atoms with E-state index < -0.39 is 0 Å². The lowest BCUT2D eigenvalue weighted by Crippen LogP contribution is -2.11. The monoisotopic (exact) mass is 175 g/mol. The van der Waals surface area contributed by atoms with Gasteiger partial charge in [0.05, 0.1) is 11.6 Å². The molecule has 0 saturated heterocycles. The Morgan fingerprint density at radius 3 is 2.55 bits per heavy atom. The summed E-state index contributed by atoms with van der Waals surface area (Å²) in [5, 5.41) is 0. The number of nitrogens with two attached hydrogens (primary N) is 1. The SMILES string of the molecule is CC(C)CCOCCC(N)=S. The molecule has 0 aromatic carbocycles. The van der Waals surface area contributed by atoms with Crippen molar-refractivity contribution in [2.24, 2.45) is 11.7 Å². The van der Waals surface area contributed by atoms with E-state index in [2.05, 4.69) is 13.8 Å². The second-order valence-electron chi connectivity index (χ2n) is 3.01. The van der Waals surface area contributed by atoms with Crippen LogP contribution in [-0.2, 0) is 4.74 Å². The van der Waals surface area contributed by atoms with Gasteiger partial charge in [0.25, 0.3) is 0 Å². The van der Waals surface area contributed by atoms with Crippen LogP contribution in [0.1, 0.15) is 26.7 Å². The maximum absolute atomic E-state index is 5.29. The molecule has 66 valence electrons. The molecule has 0 bridgehead atoms. The van der Waals surface area contributed by atoms with Crippen LogP contribution >= 0.6 is 12.2 Å². The van der Waals surface area contributed by atoms with E-state index in [0.29, 0.717) is 23.9 Å². The zero-order valence-electron chi connectivity index (χ0n) is 7.30. The van der Waals surface area contributed by atoms with Gasteiger partial charge < -0.3 is 10.5 Å². The molecule has 0 aromatic rings. The Morgan fingerprint density at radius 1 is 1.45 bits per heavy atom. The van der Waals surface area contributed by atoms with Gasteiger partial charge in [-0.25, -0.2) is 0 Å². The van der Waals surface area contributed by atoms with Crippen molar-refractivity contribution in [1.82, 2.24) is 0 Å². The van der Waals surface area contributed by atoms with Gasteiger partial charge in [0.15, 0.2) is 0 Å². The van der Waals surface area contributed by atoms with Gasteiger partial charge in [-0.05, 0) is 12.3 Å². The van der Waals surface area contributed by atoms with Gasteiger partial charge >= 0.3 is 0 Å². The second-order valence-corrected chi connectivity index (χ2v) is 3.54. The average molecular weight is 175 g/mol. The molecular weight excluding hydrogens is 158 g/mol. The van der Waals surface area contributed by atoms with Crippen molar-refractivity contribution in [3.63, 3.8) is 0 Å². The Hall–Kier alpha value is -0.150. The van der Waals surface area contributed by atoms with Gasteiger partial charge in [0.1, 0.15) is 0 Å². The highest BCUT2D eigenvalue weighted by molar-refractivity contribution is 7.80. The Bertz CT molecular complexity index is 115. The maximum Gasteiger partial charge on any atom is 0.0750 e. The lowest BCUT2D eigenvalue weighted by Gasteiger charge is -2.05. The standard InChI is InChI=1S/C8H17NOS/c1-7(2)3-5-10-6-4-8(9)11/h7H,3-6H2,1-2H3,(H2,9,11). The summed E-state index contributed by atoms with van der Waals surface area (Å²) < 4.78 is 5.29. The fourth-order valence-corrected chi connectivity index (χ4v) is 0.677. The van der Waals surface area contributed by atoms with Gasteiger partial charge in [-0.15, -0.1) is 0 Å². The van der Waals surface area contributed by atoms with Crippen LogP contribution in [0.2, 0.25) is 0 Å². The molecule has 0 heterocycles. The first-order valence-electron chi connectivity index (χ1n) is 3.99. The molecular formula is C8H17NOS. The van der Waals surface area contributed by atoms with Crippen molar-refractivity contribution in [1.29, 1.82) is 0 Å². The Balaban J connectivity index is 2.97. The first-order chi connectivity index (χ1) is 5.13. The lowest BCUT2D eigenvalue weighted by atomic mass is 10.1. The molecule has 0 aliphatic rings. The zero-order valence-corrected chi connectivity index (χ0v) is 8.12. The molecule has 2 N–H and O–H groups in total. The summed E-state index contributed by atoms with van der Waals surface area (Å²) in [6.07, 6.45) is 1.81. The minimum Gasteiger partial charge on any atom is -0.393 e. The fourth-order valence-electron chi connectivity index (χ4n) is 0.594. The molecule has 0 spiro atoms. The van der Waals surface area contributed by atoms with E-state index in [-0.39, 0.29) is 0 Å². The summed E-state index contributed by atoms with van der Waals surface area (Å²) in [5.74, 6) is 0.708. The fraction of sp³-hybridized carbons (Fsp3) is 0.875. The number of thiocarbonyl (C=S) groups is 1. The third kappa shape index (κ3) is 9.85. The summed E-state index contributed by atoms with van der Waals surface area (Å²) in [6.45, 7) is 5.84. The third-order valence-electron chi connectivity index (χ3n) is 1.33. The van der Waals surface area contributed by atoms with Crippen molar-refractivity contribution in [3.8, 4) is 0 Å². The molecule has 0 amide bonds. The van der Waals surface area contributed by atoms with E-state index in [1.165, 1.54) is 0 Å². The highest BCUT2D eigenvalue weighted by Gasteiger charge is 1.94. The van der Waals surface area contributed by atoms with Crippen LogP contribution in [0.4, 0.5) is 0 Å². The van der Waals surface area contributed by atoms with E-state index in [1.54, 1.807) is 0 Å². The molecule has 11 heavy (non-hydrogen) atoms. The van der Waals surface area contributed by atoms with Crippen molar-refractivity contribution in [2.75, 3.05) is 13.2 Å². The molecule has 0 saturated carbocycles. The second kappa shape index (κ2) is 6.55. The van der Waals surface area contributed by atoms with E-state index >= 15 is 0 Å².